The van der Waals surface area contributed by atoms with Gasteiger partial charge in [0.05, 0.1) is 20.3 Å². The third-order valence-electron chi connectivity index (χ3n) is 3.32. The van der Waals surface area contributed by atoms with Crippen molar-refractivity contribution in [2.75, 3.05) is 14.2 Å². The maximum Gasteiger partial charge on any atom is 0.408 e. The quantitative estimate of drug-likeness (QED) is 0.925. The molecule has 0 aromatic heterocycles. The molecule has 120 valence electrons. The highest BCUT2D eigenvalue weighted by Gasteiger charge is 2.24. The minimum Gasteiger partial charge on any atom is -0.493 e. The van der Waals surface area contributed by atoms with Crippen molar-refractivity contribution in [3.63, 3.8) is 0 Å². The Balaban J connectivity index is 2.24. The van der Waals surface area contributed by atoms with Crippen molar-refractivity contribution in [2.24, 2.45) is 0 Å². The number of hydrogen-bond donors (Lipinski definition) is 1. The first kappa shape index (κ1) is 16.2. The molecule has 0 unspecified atom stereocenters. The van der Waals surface area contributed by atoms with Crippen molar-refractivity contribution in [3.05, 3.63) is 29.3 Å². The molecule has 0 bridgehead atoms. The van der Waals surface area contributed by atoms with Crippen molar-refractivity contribution in [3.8, 4) is 11.5 Å². The van der Waals surface area contributed by atoms with Crippen molar-refractivity contribution < 1.29 is 19.0 Å². The van der Waals surface area contributed by atoms with E-state index in [4.69, 9.17) is 14.2 Å². The number of alkyl carbamates (subject to hydrolysis) is 1. The third kappa shape index (κ3) is 3.72. The first-order chi connectivity index (χ1) is 10.3. The van der Waals surface area contributed by atoms with Gasteiger partial charge in [0, 0.05) is 0 Å². The number of hydrogen-bond acceptors (Lipinski definition) is 4. The summed E-state index contributed by atoms with van der Waals surface area (Å²) in [7, 11) is 3.20. The number of benzene rings is 1. The minimum atomic E-state index is -0.519. The van der Waals surface area contributed by atoms with Crippen LogP contribution in [0.2, 0.25) is 0 Å². The van der Waals surface area contributed by atoms with Gasteiger partial charge in [0.25, 0.3) is 0 Å². The fourth-order valence-corrected chi connectivity index (χ4v) is 2.40. The number of amides is 1. The summed E-state index contributed by atoms with van der Waals surface area (Å²) >= 11 is 0. The van der Waals surface area contributed by atoms with E-state index >= 15 is 0 Å². The molecule has 1 atom stereocenters. The molecule has 1 amide bonds. The molecular weight excluding hydrogens is 282 g/mol. The predicted octanol–water partition coefficient (Wildman–Crippen LogP) is 3.69. The Labute approximate surface area is 131 Å². The summed E-state index contributed by atoms with van der Waals surface area (Å²) in [5.74, 6) is 1.32. The van der Waals surface area contributed by atoms with E-state index in [2.05, 4.69) is 5.32 Å². The average Bonchev–Trinajstić information content (AvgIpc) is 2.44. The molecule has 22 heavy (non-hydrogen) atoms. The SMILES string of the molecule is COc1cc2c(cc1OC)[C@@H](NC(=O)OC(C)(C)C)CC=C2. The van der Waals surface area contributed by atoms with Crippen LogP contribution in [0.5, 0.6) is 11.5 Å². The summed E-state index contributed by atoms with van der Waals surface area (Å²) < 4.78 is 16.0. The normalized spacial score (nSPS) is 16.7. The molecule has 1 aromatic carbocycles. The van der Waals surface area contributed by atoms with Crippen LogP contribution in [0.4, 0.5) is 4.79 Å². The Morgan fingerprint density at radius 3 is 2.41 bits per heavy atom. The van der Waals surface area contributed by atoms with Gasteiger partial charge in [0.2, 0.25) is 0 Å². The van der Waals surface area contributed by atoms with E-state index in [1.807, 2.05) is 45.1 Å². The Morgan fingerprint density at radius 1 is 1.18 bits per heavy atom. The molecule has 0 heterocycles. The minimum absolute atomic E-state index is 0.144. The highest BCUT2D eigenvalue weighted by molar-refractivity contribution is 5.70. The maximum atomic E-state index is 12.0. The molecule has 1 N–H and O–H groups in total. The van der Waals surface area contributed by atoms with Crippen LogP contribution in [0.3, 0.4) is 0 Å². The number of methoxy groups -OCH3 is 2. The molecule has 5 heteroatoms. The Kier molecular flexibility index (Phi) is 4.64. The van der Waals surface area contributed by atoms with Gasteiger partial charge >= 0.3 is 6.09 Å². The molecule has 0 radical (unpaired) electrons. The van der Waals surface area contributed by atoms with Crippen molar-refractivity contribution in [1.82, 2.24) is 5.32 Å². The van der Waals surface area contributed by atoms with Crippen LogP contribution in [0, 0.1) is 0 Å². The Bertz CT molecular complexity index is 587. The molecule has 1 aromatic rings. The van der Waals surface area contributed by atoms with E-state index in [9.17, 15) is 4.79 Å². The van der Waals surface area contributed by atoms with Crippen LogP contribution >= 0.6 is 0 Å². The molecule has 5 nitrogen and oxygen atoms in total. The fraction of sp³-hybridized carbons (Fsp3) is 0.471. The second-order valence-corrected chi connectivity index (χ2v) is 6.17. The van der Waals surface area contributed by atoms with Gasteiger partial charge in [-0.15, -0.1) is 0 Å². The van der Waals surface area contributed by atoms with E-state index in [1.54, 1.807) is 14.2 Å². The van der Waals surface area contributed by atoms with Gasteiger partial charge in [-0.1, -0.05) is 12.2 Å². The van der Waals surface area contributed by atoms with E-state index in [1.165, 1.54) is 0 Å². The zero-order valence-electron chi connectivity index (χ0n) is 13.7. The smallest absolute Gasteiger partial charge is 0.408 e. The summed E-state index contributed by atoms with van der Waals surface area (Å²) in [6.07, 6.45) is 4.33. The second kappa shape index (κ2) is 6.30. The highest BCUT2D eigenvalue weighted by atomic mass is 16.6. The lowest BCUT2D eigenvalue weighted by molar-refractivity contribution is 0.0503. The molecule has 0 fully saturated rings. The third-order valence-corrected chi connectivity index (χ3v) is 3.32. The molecular formula is C17H23NO4. The van der Waals surface area contributed by atoms with E-state index < -0.39 is 11.7 Å². The first-order valence-corrected chi connectivity index (χ1v) is 7.26. The summed E-state index contributed by atoms with van der Waals surface area (Å²) in [6, 6.07) is 3.67. The second-order valence-electron chi connectivity index (χ2n) is 6.17. The molecule has 1 aliphatic carbocycles. The number of rotatable bonds is 3. The molecule has 0 saturated heterocycles. The molecule has 2 rings (SSSR count). The largest absolute Gasteiger partial charge is 0.493 e. The number of nitrogens with one attached hydrogen (secondary N) is 1. The number of carbonyl (C=O) groups is 1. The summed E-state index contributed by atoms with van der Waals surface area (Å²) in [5, 5.41) is 2.91. The molecule has 0 saturated carbocycles. The zero-order chi connectivity index (χ0) is 16.3. The molecule has 0 spiro atoms. The van der Waals surface area contributed by atoms with E-state index in [-0.39, 0.29) is 6.04 Å². The number of fused-ring (bicyclic) bond motifs is 1. The van der Waals surface area contributed by atoms with E-state index in [0.29, 0.717) is 17.9 Å². The Morgan fingerprint density at radius 2 is 1.82 bits per heavy atom. The monoisotopic (exact) mass is 305 g/mol. The van der Waals surface area contributed by atoms with Gasteiger partial charge in [0.1, 0.15) is 5.60 Å². The van der Waals surface area contributed by atoms with Crippen molar-refractivity contribution in [1.29, 1.82) is 0 Å². The van der Waals surface area contributed by atoms with Gasteiger partial charge in [-0.2, -0.15) is 0 Å². The van der Waals surface area contributed by atoms with Gasteiger partial charge in [-0.3, -0.25) is 0 Å². The highest BCUT2D eigenvalue weighted by Crippen LogP contribution is 2.37. The topological polar surface area (TPSA) is 56.8 Å². The van der Waals surface area contributed by atoms with Crippen LogP contribution in [-0.2, 0) is 4.74 Å². The molecule has 0 aliphatic heterocycles. The Hall–Kier alpha value is -2.17. The van der Waals surface area contributed by atoms with Gasteiger partial charge in [-0.05, 0) is 50.5 Å². The average molecular weight is 305 g/mol. The van der Waals surface area contributed by atoms with Gasteiger partial charge < -0.3 is 19.5 Å². The number of carbonyl (C=O) groups excluding carboxylic acids is 1. The van der Waals surface area contributed by atoms with Crippen molar-refractivity contribution in [2.45, 2.75) is 38.8 Å². The number of ether oxygens (including phenoxy) is 3. The first-order valence-electron chi connectivity index (χ1n) is 7.26. The summed E-state index contributed by atoms with van der Waals surface area (Å²) in [4.78, 5) is 12.0. The van der Waals surface area contributed by atoms with Crippen LogP contribution in [0.1, 0.15) is 44.4 Å². The van der Waals surface area contributed by atoms with Gasteiger partial charge in [0.15, 0.2) is 11.5 Å². The fourth-order valence-electron chi connectivity index (χ4n) is 2.40. The van der Waals surface area contributed by atoms with E-state index in [0.717, 1.165) is 11.1 Å². The summed E-state index contributed by atoms with van der Waals surface area (Å²) in [5.41, 5.74) is 1.48. The van der Waals surface area contributed by atoms with Crippen LogP contribution < -0.4 is 14.8 Å². The standard InChI is InChI=1S/C17H23NO4/c1-17(2,3)22-16(19)18-13-8-6-7-11-9-14(20-4)15(21-5)10-12(11)13/h6-7,9-10,13H,8H2,1-5H3,(H,18,19)/t13-/m0/s1. The lowest BCUT2D eigenvalue weighted by atomic mass is 9.92. The predicted molar refractivity (Wildman–Crippen MR) is 85.3 cm³/mol. The molecule has 1 aliphatic rings. The zero-order valence-corrected chi connectivity index (χ0v) is 13.7. The van der Waals surface area contributed by atoms with Crippen molar-refractivity contribution >= 4 is 12.2 Å². The lowest BCUT2D eigenvalue weighted by Crippen LogP contribution is -2.35. The van der Waals surface area contributed by atoms with Gasteiger partial charge in [-0.25, -0.2) is 4.79 Å². The summed E-state index contributed by atoms with van der Waals surface area (Å²) in [6.45, 7) is 5.53. The lowest BCUT2D eigenvalue weighted by Gasteiger charge is -2.26. The van der Waals surface area contributed by atoms with Crippen LogP contribution in [0.25, 0.3) is 6.08 Å². The van der Waals surface area contributed by atoms with Crippen LogP contribution in [-0.4, -0.2) is 25.9 Å². The van der Waals surface area contributed by atoms with Crippen LogP contribution in [0.15, 0.2) is 18.2 Å². The maximum absolute atomic E-state index is 12.0.